The van der Waals surface area contributed by atoms with Crippen molar-refractivity contribution in [3.63, 3.8) is 0 Å². The monoisotopic (exact) mass is 222 g/mol. The van der Waals surface area contributed by atoms with Gasteiger partial charge in [-0.1, -0.05) is 0 Å². The quantitative estimate of drug-likeness (QED) is 0.799. The first kappa shape index (κ1) is 11.7. The molecule has 16 heavy (non-hydrogen) atoms. The molecule has 1 aliphatic carbocycles. The fourth-order valence-electron chi connectivity index (χ4n) is 2.10. The van der Waals surface area contributed by atoms with Crippen molar-refractivity contribution in [3.8, 4) is 0 Å². The highest BCUT2D eigenvalue weighted by molar-refractivity contribution is 5.20. The molecule has 0 bridgehead atoms. The minimum absolute atomic E-state index is 0.891. The van der Waals surface area contributed by atoms with Crippen LogP contribution < -0.4 is 5.32 Å². The van der Waals surface area contributed by atoms with Crippen LogP contribution in [0.5, 0.6) is 0 Å². The van der Waals surface area contributed by atoms with Gasteiger partial charge in [-0.2, -0.15) is 0 Å². The lowest BCUT2D eigenvalue weighted by Crippen LogP contribution is -2.20. The zero-order valence-corrected chi connectivity index (χ0v) is 10.5. The third kappa shape index (κ3) is 3.09. The molecule has 3 heteroatoms. The summed E-state index contributed by atoms with van der Waals surface area (Å²) in [6.45, 7) is 5.07. The van der Waals surface area contributed by atoms with Crippen LogP contribution in [-0.2, 0) is 13.1 Å². The van der Waals surface area contributed by atoms with Gasteiger partial charge < -0.3 is 9.73 Å². The van der Waals surface area contributed by atoms with Crippen LogP contribution in [0, 0.1) is 12.8 Å². The molecule has 0 aromatic carbocycles. The van der Waals surface area contributed by atoms with E-state index in [9.17, 15) is 0 Å². The average molecular weight is 222 g/mol. The summed E-state index contributed by atoms with van der Waals surface area (Å²) < 4.78 is 5.76. The van der Waals surface area contributed by atoms with Crippen molar-refractivity contribution < 1.29 is 4.42 Å². The number of rotatable bonds is 6. The van der Waals surface area contributed by atoms with E-state index >= 15 is 0 Å². The molecule has 0 radical (unpaired) electrons. The maximum atomic E-state index is 5.76. The van der Waals surface area contributed by atoms with Crippen LogP contribution in [-0.4, -0.2) is 25.5 Å². The van der Waals surface area contributed by atoms with Gasteiger partial charge in [0.15, 0.2) is 0 Å². The largest absolute Gasteiger partial charge is 0.465 e. The summed E-state index contributed by atoms with van der Waals surface area (Å²) in [5, 5.41) is 3.16. The van der Waals surface area contributed by atoms with Gasteiger partial charge in [-0.05, 0) is 45.8 Å². The predicted molar refractivity (Wildman–Crippen MR) is 65.3 cm³/mol. The first-order valence-electron chi connectivity index (χ1n) is 6.10. The molecule has 90 valence electrons. The van der Waals surface area contributed by atoms with Gasteiger partial charge in [0.1, 0.15) is 11.5 Å². The van der Waals surface area contributed by atoms with Crippen LogP contribution in [0.15, 0.2) is 10.5 Å². The Hall–Kier alpha value is -0.800. The van der Waals surface area contributed by atoms with Crippen LogP contribution in [0.3, 0.4) is 0 Å². The molecule has 1 heterocycles. The third-order valence-electron chi connectivity index (χ3n) is 3.13. The van der Waals surface area contributed by atoms with E-state index in [1.165, 1.54) is 24.9 Å². The summed E-state index contributed by atoms with van der Waals surface area (Å²) >= 11 is 0. The van der Waals surface area contributed by atoms with Gasteiger partial charge in [-0.25, -0.2) is 0 Å². The van der Waals surface area contributed by atoms with Gasteiger partial charge in [-0.15, -0.1) is 0 Å². The van der Waals surface area contributed by atoms with Crippen molar-refractivity contribution in [3.05, 3.63) is 23.2 Å². The molecule has 1 aliphatic rings. The highest BCUT2D eigenvalue weighted by Gasteiger charge is 2.23. The molecule has 3 nitrogen and oxygen atoms in total. The van der Waals surface area contributed by atoms with Crippen molar-refractivity contribution in [2.75, 3.05) is 20.6 Å². The lowest BCUT2D eigenvalue weighted by atomic mass is 10.2. The van der Waals surface area contributed by atoms with Gasteiger partial charge in [0, 0.05) is 18.7 Å². The fourth-order valence-corrected chi connectivity index (χ4v) is 2.10. The van der Waals surface area contributed by atoms with E-state index in [-0.39, 0.29) is 0 Å². The second-order valence-corrected chi connectivity index (χ2v) is 4.96. The second-order valence-electron chi connectivity index (χ2n) is 4.96. The minimum Gasteiger partial charge on any atom is -0.465 e. The van der Waals surface area contributed by atoms with Crippen molar-refractivity contribution in [2.45, 2.75) is 32.9 Å². The summed E-state index contributed by atoms with van der Waals surface area (Å²) in [7, 11) is 4.14. The molecular weight excluding hydrogens is 200 g/mol. The zero-order valence-electron chi connectivity index (χ0n) is 10.5. The molecule has 2 rings (SSSR count). The number of hydrogen-bond donors (Lipinski definition) is 1. The number of aryl methyl sites for hydroxylation is 1. The standard InChI is InChI=1S/C13H22N2O/c1-10-12(7-14-2)6-13(16-10)9-15(3)8-11-4-5-11/h6,11,14H,4-5,7-9H2,1-3H3. The Bertz CT molecular complexity index is 342. The normalized spacial score (nSPS) is 16.0. The van der Waals surface area contributed by atoms with E-state index in [0.717, 1.165) is 30.5 Å². The molecular formula is C13H22N2O. The Morgan fingerprint density at radius 3 is 2.88 bits per heavy atom. The van der Waals surface area contributed by atoms with Gasteiger partial charge >= 0.3 is 0 Å². The smallest absolute Gasteiger partial charge is 0.118 e. The van der Waals surface area contributed by atoms with Gasteiger partial charge in [-0.3, -0.25) is 4.90 Å². The number of hydrogen-bond acceptors (Lipinski definition) is 3. The van der Waals surface area contributed by atoms with Crippen molar-refractivity contribution in [1.82, 2.24) is 10.2 Å². The molecule has 0 aliphatic heterocycles. The molecule has 0 saturated heterocycles. The van der Waals surface area contributed by atoms with E-state index in [1.54, 1.807) is 0 Å². The molecule has 0 atom stereocenters. The lowest BCUT2D eigenvalue weighted by Gasteiger charge is -2.13. The van der Waals surface area contributed by atoms with E-state index in [4.69, 9.17) is 4.42 Å². The molecule has 1 saturated carbocycles. The Kier molecular flexibility index (Phi) is 3.66. The van der Waals surface area contributed by atoms with Crippen LogP contribution in [0.25, 0.3) is 0 Å². The maximum absolute atomic E-state index is 5.76. The number of nitrogens with one attached hydrogen (secondary N) is 1. The van der Waals surface area contributed by atoms with E-state index in [2.05, 4.69) is 23.3 Å². The van der Waals surface area contributed by atoms with Gasteiger partial charge in [0.05, 0.1) is 6.54 Å². The molecule has 0 spiro atoms. The maximum Gasteiger partial charge on any atom is 0.118 e. The first-order chi connectivity index (χ1) is 7.69. The lowest BCUT2D eigenvalue weighted by molar-refractivity contribution is 0.282. The molecule has 1 aromatic rings. The second kappa shape index (κ2) is 5.02. The summed E-state index contributed by atoms with van der Waals surface area (Å²) in [6, 6.07) is 2.18. The number of nitrogens with zero attached hydrogens (tertiary/aromatic N) is 1. The molecule has 0 amide bonds. The highest BCUT2D eigenvalue weighted by Crippen LogP contribution is 2.29. The molecule has 0 unspecified atom stereocenters. The third-order valence-corrected chi connectivity index (χ3v) is 3.13. The van der Waals surface area contributed by atoms with Crippen LogP contribution >= 0.6 is 0 Å². The Morgan fingerprint density at radius 1 is 1.50 bits per heavy atom. The van der Waals surface area contributed by atoms with E-state index in [1.807, 2.05) is 14.0 Å². The van der Waals surface area contributed by atoms with E-state index < -0.39 is 0 Å². The fraction of sp³-hybridized carbons (Fsp3) is 0.692. The van der Waals surface area contributed by atoms with Gasteiger partial charge in [0.2, 0.25) is 0 Å². The number of furan rings is 1. The average Bonchev–Trinajstić information content (AvgIpc) is 2.94. The Morgan fingerprint density at radius 2 is 2.25 bits per heavy atom. The zero-order chi connectivity index (χ0) is 11.5. The minimum atomic E-state index is 0.891. The molecule has 1 N–H and O–H groups in total. The SMILES string of the molecule is CNCc1cc(CN(C)CC2CC2)oc1C. The van der Waals surface area contributed by atoms with Crippen molar-refractivity contribution in [1.29, 1.82) is 0 Å². The summed E-state index contributed by atoms with van der Waals surface area (Å²) in [5.41, 5.74) is 1.28. The van der Waals surface area contributed by atoms with Crippen LogP contribution in [0.1, 0.15) is 29.9 Å². The van der Waals surface area contributed by atoms with Crippen LogP contribution in [0.2, 0.25) is 0 Å². The molecule has 1 fully saturated rings. The van der Waals surface area contributed by atoms with Gasteiger partial charge in [0.25, 0.3) is 0 Å². The Labute approximate surface area is 97.8 Å². The Balaban J connectivity index is 1.89. The summed E-state index contributed by atoms with van der Waals surface area (Å²) in [4.78, 5) is 2.36. The predicted octanol–water partition coefficient (Wildman–Crippen LogP) is 2.15. The molecule has 1 aromatic heterocycles. The van der Waals surface area contributed by atoms with Crippen molar-refractivity contribution >= 4 is 0 Å². The summed E-state index contributed by atoms with van der Waals surface area (Å²) in [6.07, 6.45) is 2.82. The van der Waals surface area contributed by atoms with Crippen LogP contribution in [0.4, 0.5) is 0 Å². The highest BCUT2D eigenvalue weighted by atomic mass is 16.3. The van der Waals surface area contributed by atoms with Crippen molar-refractivity contribution in [2.24, 2.45) is 5.92 Å². The topological polar surface area (TPSA) is 28.4 Å². The summed E-state index contributed by atoms with van der Waals surface area (Å²) in [5.74, 6) is 3.08. The van der Waals surface area contributed by atoms with E-state index in [0.29, 0.717) is 0 Å². The first-order valence-corrected chi connectivity index (χ1v) is 6.10.